The van der Waals surface area contributed by atoms with Gasteiger partial charge in [0.1, 0.15) is 24.0 Å². The van der Waals surface area contributed by atoms with Gasteiger partial charge in [0.25, 0.3) is 0 Å². The second-order valence-electron chi connectivity index (χ2n) is 7.55. The Morgan fingerprint density at radius 2 is 1.17 bits per heavy atom. The first-order valence-corrected chi connectivity index (χ1v) is 10.7. The fourth-order valence-corrected chi connectivity index (χ4v) is 3.23. The van der Waals surface area contributed by atoms with Gasteiger partial charge in [-0.1, -0.05) is 41.9 Å². The zero-order chi connectivity index (χ0) is 24.8. The molecule has 0 N–H and O–H groups in total. The van der Waals surface area contributed by atoms with Gasteiger partial charge in [0.05, 0.1) is 5.56 Å². The number of hydrogen-bond acceptors (Lipinski definition) is 1. The Hall–Kier alpha value is -4.48. The predicted octanol–water partition coefficient (Wildman–Crippen LogP) is 7.15. The molecule has 0 aliphatic carbocycles. The van der Waals surface area contributed by atoms with Crippen LogP contribution in [0.15, 0.2) is 78.9 Å². The Balaban J connectivity index is 1.49. The maximum Gasteiger partial charge on any atom is 0.159 e. The van der Waals surface area contributed by atoms with Gasteiger partial charge in [-0.3, -0.25) is 0 Å². The molecular formula is C30H18F4O. The summed E-state index contributed by atoms with van der Waals surface area (Å²) in [5, 5.41) is 1.14. The third-order valence-corrected chi connectivity index (χ3v) is 5.04. The van der Waals surface area contributed by atoms with E-state index in [1.165, 1.54) is 0 Å². The monoisotopic (exact) mass is 470 g/mol. The number of allylic oxidation sites excluding steroid dienone is 1. The van der Waals surface area contributed by atoms with Crippen LogP contribution < -0.4 is 4.74 Å². The summed E-state index contributed by atoms with van der Waals surface area (Å²) in [6, 6.07) is 16.4. The number of halogens is 4. The second-order valence-corrected chi connectivity index (χ2v) is 7.55. The van der Waals surface area contributed by atoms with Crippen molar-refractivity contribution >= 4 is 10.8 Å². The molecule has 172 valence electrons. The van der Waals surface area contributed by atoms with Gasteiger partial charge in [-0.05, 0) is 66.2 Å². The molecule has 0 amide bonds. The number of fused-ring (bicyclic) bond motifs is 1. The van der Waals surface area contributed by atoms with Crippen LogP contribution in [0.1, 0.15) is 29.2 Å². The van der Waals surface area contributed by atoms with Gasteiger partial charge < -0.3 is 4.74 Å². The lowest BCUT2D eigenvalue weighted by molar-refractivity contribution is 0.357. The Kier molecular flexibility index (Phi) is 7.19. The molecule has 0 radical (unpaired) electrons. The molecule has 0 saturated heterocycles. The fourth-order valence-electron chi connectivity index (χ4n) is 3.23. The van der Waals surface area contributed by atoms with E-state index in [-0.39, 0.29) is 17.9 Å². The Morgan fingerprint density at radius 3 is 1.80 bits per heavy atom. The van der Waals surface area contributed by atoms with Gasteiger partial charge in [-0.25, -0.2) is 17.6 Å². The minimum absolute atomic E-state index is 0.0929. The number of ether oxygens (including phenoxy) is 1. The van der Waals surface area contributed by atoms with E-state index < -0.39 is 23.3 Å². The molecule has 0 aliphatic rings. The minimum atomic E-state index is -0.909. The summed E-state index contributed by atoms with van der Waals surface area (Å²) < 4.78 is 60.7. The standard InChI is InChI=1S/C30H18F4O/c1-2-3-14-35-25-18-27(31)26(28(32)19-25)13-11-21-6-4-20(5-7-21)8-9-22-10-12-23-16-29(33)30(34)17-24(23)15-22/h2-7,10,12,15-19H,14H2,1H3/b3-2+. The first-order valence-electron chi connectivity index (χ1n) is 10.7. The number of rotatable bonds is 3. The highest BCUT2D eigenvalue weighted by Crippen LogP contribution is 2.21. The molecule has 0 atom stereocenters. The average molecular weight is 470 g/mol. The molecule has 0 spiro atoms. The molecule has 4 aromatic rings. The van der Waals surface area contributed by atoms with Gasteiger partial charge in [0.2, 0.25) is 0 Å². The molecule has 0 bridgehead atoms. The first kappa shape index (κ1) is 23.7. The lowest BCUT2D eigenvalue weighted by Gasteiger charge is -2.05. The van der Waals surface area contributed by atoms with E-state index in [1.54, 1.807) is 54.6 Å². The van der Waals surface area contributed by atoms with Crippen molar-refractivity contribution in [1.29, 1.82) is 0 Å². The van der Waals surface area contributed by atoms with Crippen molar-refractivity contribution in [2.24, 2.45) is 0 Å². The molecule has 0 fully saturated rings. The van der Waals surface area contributed by atoms with Crippen LogP contribution in [0, 0.1) is 47.0 Å². The molecule has 0 aromatic heterocycles. The van der Waals surface area contributed by atoms with Gasteiger partial charge in [-0.2, -0.15) is 0 Å². The van der Waals surface area contributed by atoms with E-state index in [0.29, 0.717) is 27.5 Å². The van der Waals surface area contributed by atoms with Crippen molar-refractivity contribution in [2.45, 2.75) is 6.92 Å². The van der Waals surface area contributed by atoms with Crippen LogP contribution in [0.3, 0.4) is 0 Å². The van der Waals surface area contributed by atoms with Gasteiger partial charge in [0, 0.05) is 28.8 Å². The minimum Gasteiger partial charge on any atom is -0.489 e. The lowest BCUT2D eigenvalue weighted by Crippen LogP contribution is -1.97. The largest absolute Gasteiger partial charge is 0.489 e. The molecule has 0 heterocycles. The molecule has 0 aliphatic heterocycles. The molecule has 1 nitrogen and oxygen atoms in total. The summed E-state index contributed by atoms with van der Waals surface area (Å²) in [5.41, 5.74) is 1.57. The topological polar surface area (TPSA) is 9.23 Å². The summed E-state index contributed by atoms with van der Waals surface area (Å²) in [6.07, 6.45) is 3.50. The highest BCUT2D eigenvalue weighted by atomic mass is 19.2. The van der Waals surface area contributed by atoms with E-state index in [2.05, 4.69) is 23.7 Å². The van der Waals surface area contributed by atoms with Crippen molar-refractivity contribution in [3.8, 4) is 29.4 Å². The Bertz CT molecular complexity index is 1520. The van der Waals surface area contributed by atoms with Crippen LogP contribution in [0.4, 0.5) is 17.6 Å². The van der Waals surface area contributed by atoms with Gasteiger partial charge in [-0.15, -0.1) is 0 Å². The van der Waals surface area contributed by atoms with Crippen LogP contribution in [0.2, 0.25) is 0 Å². The Morgan fingerprint density at radius 1 is 0.629 bits per heavy atom. The van der Waals surface area contributed by atoms with E-state index in [4.69, 9.17) is 4.74 Å². The summed E-state index contributed by atoms with van der Waals surface area (Å²) in [7, 11) is 0. The van der Waals surface area contributed by atoms with E-state index in [9.17, 15) is 17.6 Å². The van der Waals surface area contributed by atoms with E-state index >= 15 is 0 Å². The summed E-state index contributed by atoms with van der Waals surface area (Å²) >= 11 is 0. The third kappa shape index (κ3) is 5.91. The molecule has 0 saturated carbocycles. The van der Waals surface area contributed by atoms with Gasteiger partial charge in [0.15, 0.2) is 11.6 Å². The predicted molar refractivity (Wildman–Crippen MR) is 129 cm³/mol. The fraction of sp³-hybridized carbons (Fsp3) is 0.0667. The zero-order valence-electron chi connectivity index (χ0n) is 18.6. The molecule has 5 heteroatoms. The maximum atomic E-state index is 14.3. The first-order chi connectivity index (χ1) is 16.9. The number of benzene rings is 4. The molecule has 4 rings (SSSR count). The smallest absolute Gasteiger partial charge is 0.159 e. The van der Waals surface area contributed by atoms with Gasteiger partial charge >= 0.3 is 0 Å². The summed E-state index contributed by atoms with van der Waals surface area (Å²) in [6.45, 7) is 2.04. The van der Waals surface area contributed by atoms with Crippen molar-refractivity contribution < 1.29 is 22.3 Å². The van der Waals surface area contributed by atoms with Crippen molar-refractivity contribution in [3.63, 3.8) is 0 Å². The van der Waals surface area contributed by atoms with E-state index in [0.717, 1.165) is 24.3 Å². The van der Waals surface area contributed by atoms with Crippen LogP contribution in [0.5, 0.6) is 5.75 Å². The van der Waals surface area contributed by atoms with Crippen molar-refractivity contribution in [1.82, 2.24) is 0 Å². The zero-order valence-corrected chi connectivity index (χ0v) is 18.6. The van der Waals surface area contributed by atoms with Crippen LogP contribution in [0.25, 0.3) is 10.8 Å². The van der Waals surface area contributed by atoms with Crippen LogP contribution in [-0.2, 0) is 0 Å². The molecule has 35 heavy (non-hydrogen) atoms. The highest BCUT2D eigenvalue weighted by Gasteiger charge is 2.10. The highest BCUT2D eigenvalue weighted by molar-refractivity contribution is 5.84. The van der Waals surface area contributed by atoms with Crippen LogP contribution in [-0.4, -0.2) is 6.61 Å². The average Bonchev–Trinajstić information content (AvgIpc) is 2.84. The van der Waals surface area contributed by atoms with Crippen molar-refractivity contribution in [3.05, 3.63) is 124 Å². The SMILES string of the molecule is C/C=C/COc1cc(F)c(C#Cc2ccc(C#Cc3ccc4cc(F)c(F)cc4c3)cc2)c(F)c1. The Labute approximate surface area is 200 Å². The lowest BCUT2D eigenvalue weighted by atomic mass is 10.1. The van der Waals surface area contributed by atoms with Crippen molar-refractivity contribution in [2.75, 3.05) is 6.61 Å². The normalized spacial score (nSPS) is 10.5. The molecule has 4 aromatic carbocycles. The van der Waals surface area contributed by atoms with Crippen LogP contribution >= 0.6 is 0 Å². The third-order valence-electron chi connectivity index (χ3n) is 5.04. The summed E-state index contributed by atoms with van der Waals surface area (Å²) in [4.78, 5) is 0. The number of hydrogen-bond donors (Lipinski definition) is 0. The maximum absolute atomic E-state index is 14.3. The second kappa shape index (κ2) is 10.6. The quantitative estimate of drug-likeness (QED) is 0.176. The summed E-state index contributed by atoms with van der Waals surface area (Å²) in [5.74, 6) is 7.96. The molecular weight excluding hydrogens is 452 g/mol. The van der Waals surface area contributed by atoms with E-state index in [1.807, 2.05) is 6.92 Å². The molecule has 0 unspecified atom stereocenters.